The number of aryl methyl sites for hydroxylation is 2. The first-order valence-corrected chi connectivity index (χ1v) is 10.5. The topological polar surface area (TPSA) is 98.7 Å². The molecule has 0 saturated heterocycles. The predicted molar refractivity (Wildman–Crippen MR) is 109 cm³/mol. The van der Waals surface area contributed by atoms with Gasteiger partial charge in [-0.3, -0.25) is 10.1 Å². The van der Waals surface area contributed by atoms with Crippen LogP contribution in [-0.4, -0.2) is 31.9 Å². The number of nitrogens with one attached hydrogen (secondary N) is 1. The first-order valence-electron chi connectivity index (χ1n) is 9.66. The van der Waals surface area contributed by atoms with E-state index in [-0.39, 0.29) is 18.3 Å². The fourth-order valence-corrected chi connectivity index (χ4v) is 4.89. The van der Waals surface area contributed by atoms with Crippen LogP contribution in [0.15, 0.2) is 6.20 Å². The molecule has 0 aliphatic heterocycles. The highest BCUT2D eigenvalue weighted by molar-refractivity contribution is 7.15. The number of nitrogens with two attached hydrogens (primary N) is 1. The molecule has 27 heavy (non-hydrogen) atoms. The van der Waals surface area contributed by atoms with Gasteiger partial charge in [0.25, 0.3) is 5.91 Å². The van der Waals surface area contributed by atoms with Gasteiger partial charge >= 0.3 is 0 Å². The van der Waals surface area contributed by atoms with E-state index in [1.165, 1.54) is 30.6 Å². The van der Waals surface area contributed by atoms with Gasteiger partial charge in [-0.25, -0.2) is 9.67 Å². The number of halogens is 1. The van der Waals surface area contributed by atoms with Crippen molar-refractivity contribution in [2.45, 2.75) is 76.3 Å². The summed E-state index contributed by atoms with van der Waals surface area (Å²) < 4.78 is 1.82. The molecule has 3 N–H and O–H groups in total. The number of carbonyl (C=O) groups is 1. The second kappa shape index (κ2) is 9.12. The van der Waals surface area contributed by atoms with Gasteiger partial charge in [0.15, 0.2) is 10.8 Å². The van der Waals surface area contributed by atoms with Crippen molar-refractivity contribution in [3.8, 4) is 0 Å². The molecule has 1 amide bonds. The minimum absolute atomic E-state index is 0. The molecule has 1 saturated carbocycles. The van der Waals surface area contributed by atoms with Crippen LogP contribution in [0.3, 0.4) is 0 Å². The summed E-state index contributed by atoms with van der Waals surface area (Å²) in [5.74, 6) is -0.231. The Morgan fingerprint density at radius 3 is 2.67 bits per heavy atom. The number of amides is 1. The molecular formula is C18H27ClN6OS. The van der Waals surface area contributed by atoms with Crippen LogP contribution in [-0.2, 0) is 12.8 Å². The lowest BCUT2D eigenvalue weighted by molar-refractivity contribution is 0.102. The molecule has 148 valence electrons. The summed E-state index contributed by atoms with van der Waals surface area (Å²) in [6.07, 6.45) is 12.8. The van der Waals surface area contributed by atoms with Crippen LogP contribution in [0.1, 0.15) is 78.5 Å². The molecule has 4 rings (SSSR count). The standard InChI is InChI=1S/C18H26N6OS.ClH/c19-12-7-9-13(10-8-12)24-11-15(22-23-24)17(25)21-18-20-14-5-3-1-2-4-6-16(14)26-18;/h11-13H,1-10,19H2,(H,20,21,25);1H. The largest absolute Gasteiger partial charge is 0.328 e. The number of hydrogen-bond donors (Lipinski definition) is 2. The maximum atomic E-state index is 12.5. The molecule has 0 spiro atoms. The molecular weight excluding hydrogens is 384 g/mol. The summed E-state index contributed by atoms with van der Waals surface area (Å²) in [7, 11) is 0. The van der Waals surface area contributed by atoms with Crippen LogP contribution in [0.5, 0.6) is 0 Å². The molecule has 0 radical (unpaired) electrons. The average molecular weight is 411 g/mol. The average Bonchev–Trinajstić information content (AvgIpc) is 3.23. The molecule has 2 heterocycles. The second-order valence-electron chi connectivity index (χ2n) is 7.41. The van der Waals surface area contributed by atoms with E-state index < -0.39 is 0 Å². The molecule has 7 nitrogen and oxygen atoms in total. The van der Waals surface area contributed by atoms with E-state index in [4.69, 9.17) is 5.73 Å². The molecule has 0 unspecified atom stereocenters. The Morgan fingerprint density at radius 2 is 1.89 bits per heavy atom. The highest BCUT2D eigenvalue weighted by Crippen LogP contribution is 2.29. The third-order valence-electron chi connectivity index (χ3n) is 5.42. The van der Waals surface area contributed by atoms with Crippen molar-refractivity contribution < 1.29 is 4.79 Å². The van der Waals surface area contributed by atoms with E-state index in [1.54, 1.807) is 17.5 Å². The normalized spacial score (nSPS) is 22.9. The van der Waals surface area contributed by atoms with E-state index in [0.29, 0.717) is 22.9 Å². The van der Waals surface area contributed by atoms with Crippen molar-refractivity contribution in [3.05, 3.63) is 22.5 Å². The van der Waals surface area contributed by atoms with Crippen molar-refractivity contribution in [2.24, 2.45) is 5.73 Å². The van der Waals surface area contributed by atoms with E-state index >= 15 is 0 Å². The van der Waals surface area contributed by atoms with Gasteiger partial charge in [0.2, 0.25) is 0 Å². The lowest BCUT2D eigenvalue weighted by atomic mass is 9.92. The maximum absolute atomic E-state index is 12.5. The van der Waals surface area contributed by atoms with E-state index in [2.05, 4.69) is 20.6 Å². The lowest BCUT2D eigenvalue weighted by Crippen LogP contribution is -2.28. The van der Waals surface area contributed by atoms with E-state index in [1.807, 2.05) is 4.68 Å². The number of fused-ring (bicyclic) bond motifs is 1. The quantitative estimate of drug-likeness (QED) is 0.806. The molecule has 0 atom stereocenters. The maximum Gasteiger partial charge on any atom is 0.279 e. The monoisotopic (exact) mass is 410 g/mol. The van der Waals surface area contributed by atoms with Crippen LogP contribution in [0.4, 0.5) is 5.13 Å². The number of thiazole rings is 1. The Kier molecular flexibility index (Phi) is 6.83. The Labute approximate surface area is 169 Å². The highest BCUT2D eigenvalue weighted by Gasteiger charge is 2.23. The van der Waals surface area contributed by atoms with Crippen molar-refractivity contribution >= 4 is 34.8 Å². The Bertz CT molecular complexity index is 742. The van der Waals surface area contributed by atoms with Gasteiger partial charge in [0.1, 0.15) is 0 Å². The molecule has 2 aromatic heterocycles. The van der Waals surface area contributed by atoms with Crippen LogP contribution in [0.2, 0.25) is 0 Å². The predicted octanol–water partition coefficient (Wildman–Crippen LogP) is 3.51. The number of aromatic nitrogens is 4. The van der Waals surface area contributed by atoms with Crippen LogP contribution in [0, 0.1) is 0 Å². The zero-order valence-electron chi connectivity index (χ0n) is 15.4. The highest BCUT2D eigenvalue weighted by atomic mass is 35.5. The number of nitrogens with zero attached hydrogens (tertiary/aromatic N) is 4. The fourth-order valence-electron chi connectivity index (χ4n) is 3.85. The third-order valence-corrected chi connectivity index (χ3v) is 6.50. The Morgan fingerprint density at radius 1 is 1.15 bits per heavy atom. The number of anilines is 1. The van der Waals surface area contributed by atoms with Crippen LogP contribution < -0.4 is 11.1 Å². The summed E-state index contributed by atoms with van der Waals surface area (Å²) in [5.41, 5.74) is 7.47. The fraction of sp³-hybridized carbons (Fsp3) is 0.667. The van der Waals surface area contributed by atoms with Gasteiger partial charge in [-0.1, -0.05) is 18.1 Å². The molecule has 0 bridgehead atoms. The minimum Gasteiger partial charge on any atom is -0.328 e. The van der Waals surface area contributed by atoms with Gasteiger partial charge in [-0.05, 0) is 51.4 Å². The van der Waals surface area contributed by atoms with E-state index in [0.717, 1.165) is 44.2 Å². The van der Waals surface area contributed by atoms with Gasteiger partial charge in [-0.2, -0.15) is 0 Å². The zero-order chi connectivity index (χ0) is 17.9. The third kappa shape index (κ3) is 4.86. The van der Waals surface area contributed by atoms with Gasteiger partial charge in [0, 0.05) is 10.9 Å². The van der Waals surface area contributed by atoms with Crippen molar-refractivity contribution in [1.82, 2.24) is 20.0 Å². The lowest BCUT2D eigenvalue weighted by Gasteiger charge is -2.25. The van der Waals surface area contributed by atoms with Gasteiger partial charge in [0.05, 0.1) is 17.9 Å². The van der Waals surface area contributed by atoms with Gasteiger partial charge < -0.3 is 5.73 Å². The van der Waals surface area contributed by atoms with Crippen molar-refractivity contribution in [2.75, 3.05) is 5.32 Å². The zero-order valence-corrected chi connectivity index (χ0v) is 17.0. The van der Waals surface area contributed by atoms with Crippen molar-refractivity contribution in [1.29, 1.82) is 0 Å². The summed E-state index contributed by atoms with van der Waals surface area (Å²) in [4.78, 5) is 18.5. The summed E-state index contributed by atoms with van der Waals surface area (Å²) in [5, 5.41) is 11.8. The van der Waals surface area contributed by atoms with Gasteiger partial charge in [-0.15, -0.1) is 28.8 Å². The Hall–Kier alpha value is -1.51. The first-order chi connectivity index (χ1) is 12.7. The molecule has 2 aliphatic rings. The minimum atomic E-state index is -0.231. The summed E-state index contributed by atoms with van der Waals surface area (Å²) in [6.45, 7) is 0. The first kappa shape index (κ1) is 20.2. The molecule has 0 aromatic carbocycles. The SMILES string of the molecule is Cl.NC1CCC(n2cc(C(=O)Nc3nc4c(s3)CCCCCC4)nn2)CC1. The molecule has 9 heteroatoms. The molecule has 2 aromatic rings. The smallest absolute Gasteiger partial charge is 0.279 e. The molecule has 2 aliphatic carbocycles. The Balaban J connectivity index is 0.00000210. The van der Waals surface area contributed by atoms with Crippen LogP contribution in [0.25, 0.3) is 0 Å². The second-order valence-corrected chi connectivity index (χ2v) is 8.49. The number of carbonyl (C=O) groups excluding carboxylic acids is 1. The summed E-state index contributed by atoms with van der Waals surface area (Å²) in [6, 6.07) is 0.588. The van der Waals surface area contributed by atoms with Crippen LogP contribution >= 0.6 is 23.7 Å². The molecule has 1 fully saturated rings. The van der Waals surface area contributed by atoms with Crippen molar-refractivity contribution in [3.63, 3.8) is 0 Å². The number of rotatable bonds is 3. The summed E-state index contributed by atoms with van der Waals surface area (Å²) >= 11 is 1.60. The number of hydrogen-bond acceptors (Lipinski definition) is 6. The van der Waals surface area contributed by atoms with E-state index in [9.17, 15) is 4.79 Å².